The number of hydrogen-bond acceptors (Lipinski definition) is 4. The molecule has 0 radical (unpaired) electrons. The maximum atomic E-state index is 12.2. The van der Waals surface area contributed by atoms with Crippen molar-refractivity contribution in [2.24, 2.45) is 5.92 Å². The van der Waals surface area contributed by atoms with Crippen LogP contribution in [0.5, 0.6) is 5.75 Å². The van der Waals surface area contributed by atoms with Gasteiger partial charge in [0.25, 0.3) is 0 Å². The van der Waals surface area contributed by atoms with Gasteiger partial charge in [0, 0.05) is 18.8 Å². The number of esters is 1. The lowest BCUT2D eigenvalue weighted by molar-refractivity contribution is -0.665. The van der Waals surface area contributed by atoms with Gasteiger partial charge in [0.2, 0.25) is 0 Å². The van der Waals surface area contributed by atoms with Gasteiger partial charge in [-0.2, -0.15) is 0 Å². The van der Waals surface area contributed by atoms with Crippen molar-refractivity contribution in [3.8, 4) is 5.75 Å². The van der Waals surface area contributed by atoms with Crippen molar-refractivity contribution >= 4 is 5.97 Å². The molecule has 1 aliphatic heterocycles. The molecular formula is C17H26NO4+. The van der Waals surface area contributed by atoms with E-state index < -0.39 is 17.7 Å². The summed E-state index contributed by atoms with van der Waals surface area (Å²) < 4.78 is 10.7. The highest BCUT2D eigenvalue weighted by Crippen LogP contribution is 2.30. The first kappa shape index (κ1) is 16.8. The Morgan fingerprint density at radius 3 is 2.41 bits per heavy atom. The standard InChI is InChI=1S/C17H25NO4/c1-17(2,13-8-10-18-11-9-13)22-16(20)15(19)12-4-6-14(21-3)7-5-12/h4-7,13,15,18-19H,8-11H2,1-3H3/p+1. The molecule has 1 heterocycles. The number of benzene rings is 1. The van der Waals surface area contributed by atoms with Crippen molar-refractivity contribution in [1.29, 1.82) is 0 Å². The van der Waals surface area contributed by atoms with E-state index in [1.54, 1.807) is 31.4 Å². The van der Waals surface area contributed by atoms with Crippen LogP contribution in [0.25, 0.3) is 0 Å². The molecule has 0 saturated carbocycles. The third kappa shape index (κ3) is 3.99. The Morgan fingerprint density at radius 2 is 1.86 bits per heavy atom. The SMILES string of the molecule is COc1ccc(C(O)C(=O)OC(C)(C)C2CC[NH2+]CC2)cc1. The van der Waals surface area contributed by atoms with Crippen molar-refractivity contribution in [3.05, 3.63) is 29.8 Å². The van der Waals surface area contributed by atoms with E-state index in [9.17, 15) is 9.90 Å². The number of quaternary nitrogens is 1. The van der Waals surface area contributed by atoms with Crippen molar-refractivity contribution < 1.29 is 24.7 Å². The van der Waals surface area contributed by atoms with Crippen LogP contribution in [0.15, 0.2) is 24.3 Å². The van der Waals surface area contributed by atoms with Crippen molar-refractivity contribution in [2.45, 2.75) is 38.4 Å². The molecule has 5 nitrogen and oxygen atoms in total. The number of methoxy groups -OCH3 is 1. The predicted octanol–water partition coefficient (Wildman–Crippen LogP) is 1.02. The lowest BCUT2D eigenvalue weighted by Crippen LogP contribution is -2.86. The zero-order chi connectivity index (χ0) is 16.2. The van der Waals surface area contributed by atoms with Gasteiger partial charge in [-0.25, -0.2) is 4.79 Å². The number of ether oxygens (including phenoxy) is 2. The summed E-state index contributed by atoms with van der Waals surface area (Å²) in [5.74, 6) is 0.428. The minimum atomic E-state index is -1.26. The van der Waals surface area contributed by atoms with Crippen LogP contribution in [0.1, 0.15) is 38.4 Å². The minimum Gasteiger partial charge on any atom is -0.497 e. The smallest absolute Gasteiger partial charge is 0.340 e. The molecular weight excluding hydrogens is 282 g/mol. The maximum Gasteiger partial charge on any atom is 0.340 e. The van der Waals surface area contributed by atoms with Crippen LogP contribution in [0.2, 0.25) is 0 Å². The Labute approximate surface area is 131 Å². The van der Waals surface area contributed by atoms with E-state index in [1.807, 2.05) is 13.8 Å². The van der Waals surface area contributed by atoms with Crippen LogP contribution < -0.4 is 10.1 Å². The quantitative estimate of drug-likeness (QED) is 0.797. The Morgan fingerprint density at radius 1 is 1.27 bits per heavy atom. The normalized spacial score (nSPS) is 17.8. The van der Waals surface area contributed by atoms with Gasteiger partial charge >= 0.3 is 5.97 Å². The Hall–Kier alpha value is -1.59. The fourth-order valence-corrected chi connectivity index (χ4v) is 2.94. The summed E-state index contributed by atoms with van der Waals surface area (Å²) in [5.41, 5.74) is -0.0442. The van der Waals surface area contributed by atoms with E-state index in [1.165, 1.54) is 0 Å². The number of hydrogen-bond donors (Lipinski definition) is 2. The molecule has 0 spiro atoms. The van der Waals surface area contributed by atoms with Gasteiger partial charge in [-0.1, -0.05) is 12.1 Å². The second kappa shape index (κ2) is 7.11. The van der Waals surface area contributed by atoms with Crippen LogP contribution in [0.3, 0.4) is 0 Å². The monoisotopic (exact) mass is 308 g/mol. The van der Waals surface area contributed by atoms with Crippen LogP contribution in [0, 0.1) is 5.92 Å². The van der Waals surface area contributed by atoms with Gasteiger partial charge in [-0.3, -0.25) is 0 Å². The number of carbonyl (C=O) groups excluding carboxylic acids is 1. The maximum absolute atomic E-state index is 12.2. The largest absolute Gasteiger partial charge is 0.497 e. The fraction of sp³-hybridized carbons (Fsp3) is 0.588. The highest BCUT2D eigenvalue weighted by atomic mass is 16.6. The number of aliphatic hydroxyl groups excluding tert-OH is 1. The number of rotatable bonds is 5. The average Bonchev–Trinajstić information content (AvgIpc) is 2.54. The summed E-state index contributed by atoms with van der Waals surface area (Å²) in [5, 5.41) is 12.5. The van der Waals surface area contributed by atoms with Crippen molar-refractivity contribution in [1.82, 2.24) is 0 Å². The molecule has 1 atom stereocenters. The molecule has 1 aliphatic rings. The Bertz CT molecular complexity index is 492. The van der Waals surface area contributed by atoms with Gasteiger partial charge in [-0.15, -0.1) is 0 Å². The second-order valence-corrected chi connectivity index (χ2v) is 6.34. The topological polar surface area (TPSA) is 72.4 Å². The van der Waals surface area contributed by atoms with Crippen LogP contribution >= 0.6 is 0 Å². The number of carbonyl (C=O) groups is 1. The summed E-state index contributed by atoms with van der Waals surface area (Å²) in [6.07, 6.45) is 0.790. The molecule has 0 bridgehead atoms. The van der Waals surface area contributed by atoms with E-state index in [2.05, 4.69) is 5.32 Å². The molecule has 0 amide bonds. The lowest BCUT2D eigenvalue weighted by atomic mass is 9.83. The van der Waals surface area contributed by atoms with Gasteiger partial charge in [0.1, 0.15) is 11.4 Å². The molecule has 2 rings (SSSR count). The van der Waals surface area contributed by atoms with E-state index in [4.69, 9.17) is 9.47 Å². The number of piperidine rings is 1. The fourth-order valence-electron chi connectivity index (χ4n) is 2.94. The van der Waals surface area contributed by atoms with E-state index >= 15 is 0 Å². The second-order valence-electron chi connectivity index (χ2n) is 6.34. The van der Waals surface area contributed by atoms with Gasteiger partial charge in [-0.05, 0) is 31.5 Å². The van der Waals surface area contributed by atoms with Crippen molar-refractivity contribution in [3.63, 3.8) is 0 Å². The molecule has 1 aromatic carbocycles. The van der Waals surface area contributed by atoms with E-state index in [0.717, 1.165) is 25.9 Å². The molecule has 1 unspecified atom stereocenters. The molecule has 3 N–H and O–H groups in total. The summed E-state index contributed by atoms with van der Waals surface area (Å²) in [4.78, 5) is 12.2. The summed E-state index contributed by atoms with van der Waals surface area (Å²) in [6.45, 7) is 5.99. The lowest BCUT2D eigenvalue weighted by Gasteiger charge is -2.36. The first-order valence-corrected chi connectivity index (χ1v) is 7.80. The molecule has 0 aromatic heterocycles. The van der Waals surface area contributed by atoms with Crippen molar-refractivity contribution in [2.75, 3.05) is 20.2 Å². The molecule has 5 heteroatoms. The summed E-state index contributed by atoms with van der Waals surface area (Å²) >= 11 is 0. The molecule has 1 aromatic rings. The zero-order valence-corrected chi connectivity index (χ0v) is 13.5. The molecule has 0 aliphatic carbocycles. The molecule has 1 fully saturated rings. The van der Waals surface area contributed by atoms with E-state index in [-0.39, 0.29) is 0 Å². The highest BCUT2D eigenvalue weighted by molar-refractivity contribution is 5.76. The van der Waals surface area contributed by atoms with Crippen LogP contribution in [-0.2, 0) is 9.53 Å². The first-order valence-electron chi connectivity index (χ1n) is 7.80. The number of aliphatic hydroxyl groups is 1. The van der Waals surface area contributed by atoms with Gasteiger partial charge < -0.3 is 19.9 Å². The number of nitrogens with two attached hydrogens (primary N) is 1. The van der Waals surface area contributed by atoms with Crippen LogP contribution in [-0.4, -0.2) is 36.9 Å². The predicted molar refractivity (Wildman–Crippen MR) is 82.5 cm³/mol. The average molecular weight is 308 g/mol. The Balaban J connectivity index is 2.00. The third-order valence-corrected chi connectivity index (χ3v) is 4.44. The van der Waals surface area contributed by atoms with Gasteiger partial charge in [0.05, 0.1) is 20.2 Å². The minimum absolute atomic E-state index is 0.338. The first-order chi connectivity index (χ1) is 10.4. The third-order valence-electron chi connectivity index (χ3n) is 4.44. The van der Waals surface area contributed by atoms with Gasteiger partial charge in [0.15, 0.2) is 6.10 Å². The van der Waals surface area contributed by atoms with Crippen LogP contribution in [0.4, 0.5) is 0 Å². The molecule has 22 heavy (non-hydrogen) atoms. The molecule has 122 valence electrons. The summed E-state index contributed by atoms with van der Waals surface area (Å²) in [6, 6.07) is 6.78. The highest BCUT2D eigenvalue weighted by Gasteiger charge is 2.36. The zero-order valence-electron chi connectivity index (χ0n) is 13.5. The Kier molecular flexibility index (Phi) is 5.42. The molecule has 1 saturated heterocycles. The van der Waals surface area contributed by atoms with E-state index in [0.29, 0.717) is 17.2 Å². The summed E-state index contributed by atoms with van der Waals surface area (Å²) in [7, 11) is 1.57.